The Morgan fingerprint density at radius 2 is 2.19 bits per heavy atom. The SMILES string of the molecule is CCCCCC(=O)c1c(Cl)cnn1C(C)C. The van der Waals surface area contributed by atoms with Gasteiger partial charge in [0.1, 0.15) is 5.69 Å². The molecule has 0 fully saturated rings. The Morgan fingerprint density at radius 3 is 2.75 bits per heavy atom. The summed E-state index contributed by atoms with van der Waals surface area (Å²) >= 11 is 5.99. The van der Waals surface area contributed by atoms with Gasteiger partial charge in [-0.25, -0.2) is 0 Å². The standard InChI is InChI=1S/C12H19ClN2O/c1-4-5-6-7-11(16)12-10(13)8-14-15(12)9(2)3/h8-9H,4-7H2,1-3H3. The first-order valence-corrected chi connectivity index (χ1v) is 6.22. The molecule has 0 aliphatic heterocycles. The molecule has 0 unspecified atom stereocenters. The number of ketones is 1. The van der Waals surface area contributed by atoms with Crippen molar-refractivity contribution in [3.05, 3.63) is 16.9 Å². The molecule has 90 valence electrons. The van der Waals surface area contributed by atoms with Crippen LogP contribution in [0.5, 0.6) is 0 Å². The van der Waals surface area contributed by atoms with Crippen LogP contribution in [0.25, 0.3) is 0 Å². The molecule has 0 aromatic carbocycles. The van der Waals surface area contributed by atoms with Crippen molar-refractivity contribution < 1.29 is 4.79 Å². The number of hydrogen-bond acceptors (Lipinski definition) is 2. The summed E-state index contributed by atoms with van der Waals surface area (Å²) in [6.07, 6.45) is 5.24. The monoisotopic (exact) mass is 242 g/mol. The highest BCUT2D eigenvalue weighted by Crippen LogP contribution is 2.21. The molecule has 0 amide bonds. The van der Waals surface area contributed by atoms with Gasteiger partial charge in [-0.15, -0.1) is 0 Å². The summed E-state index contributed by atoms with van der Waals surface area (Å²) in [4.78, 5) is 12.0. The van der Waals surface area contributed by atoms with E-state index in [2.05, 4.69) is 12.0 Å². The van der Waals surface area contributed by atoms with Crippen molar-refractivity contribution in [2.24, 2.45) is 0 Å². The van der Waals surface area contributed by atoms with E-state index in [9.17, 15) is 4.79 Å². The average molecular weight is 243 g/mol. The number of unbranched alkanes of at least 4 members (excludes halogenated alkanes) is 2. The molecule has 1 aromatic rings. The van der Waals surface area contributed by atoms with E-state index in [4.69, 9.17) is 11.6 Å². The zero-order valence-corrected chi connectivity index (χ0v) is 10.9. The van der Waals surface area contributed by atoms with E-state index >= 15 is 0 Å². The summed E-state index contributed by atoms with van der Waals surface area (Å²) in [6, 6.07) is 0.164. The molecule has 0 atom stereocenters. The summed E-state index contributed by atoms with van der Waals surface area (Å²) in [5.74, 6) is 0.102. The second-order valence-corrected chi connectivity index (χ2v) is 4.67. The number of carbonyl (C=O) groups is 1. The van der Waals surface area contributed by atoms with Gasteiger partial charge in [0.15, 0.2) is 5.78 Å². The Hall–Kier alpha value is -0.830. The lowest BCUT2D eigenvalue weighted by atomic mass is 10.1. The minimum absolute atomic E-state index is 0.102. The zero-order chi connectivity index (χ0) is 12.1. The minimum atomic E-state index is 0.102. The van der Waals surface area contributed by atoms with Crippen LogP contribution in [-0.4, -0.2) is 15.6 Å². The average Bonchev–Trinajstić information content (AvgIpc) is 2.60. The fraction of sp³-hybridized carbons (Fsp3) is 0.667. The molecule has 0 bridgehead atoms. The maximum Gasteiger partial charge on any atom is 0.182 e. The van der Waals surface area contributed by atoms with Crippen molar-refractivity contribution in [2.45, 2.75) is 52.5 Å². The lowest BCUT2D eigenvalue weighted by Gasteiger charge is -2.10. The van der Waals surface area contributed by atoms with Gasteiger partial charge in [-0.3, -0.25) is 9.48 Å². The van der Waals surface area contributed by atoms with E-state index in [-0.39, 0.29) is 11.8 Å². The first kappa shape index (κ1) is 13.2. The van der Waals surface area contributed by atoms with Gasteiger partial charge >= 0.3 is 0 Å². The van der Waals surface area contributed by atoms with Crippen molar-refractivity contribution in [1.29, 1.82) is 0 Å². The predicted molar refractivity (Wildman–Crippen MR) is 66.1 cm³/mol. The molecule has 16 heavy (non-hydrogen) atoms. The molecule has 0 aliphatic carbocycles. The van der Waals surface area contributed by atoms with Crippen LogP contribution in [0.3, 0.4) is 0 Å². The number of nitrogens with zero attached hydrogens (tertiary/aromatic N) is 2. The van der Waals surface area contributed by atoms with Crippen LogP contribution in [0.4, 0.5) is 0 Å². The lowest BCUT2D eigenvalue weighted by molar-refractivity contribution is 0.0967. The summed E-state index contributed by atoms with van der Waals surface area (Å²) in [7, 11) is 0. The molecule has 1 aromatic heterocycles. The molecule has 4 heteroatoms. The van der Waals surface area contributed by atoms with Crippen molar-refractivity contribution in [3.8, 4) is 0 Å². The van der Waals surface area contributed by atoms with Crippen LogP contribution in [0.2, 0.25) is 5.02 Å². The largest absolute Gasteiger partial charge is 0.292 e. The van der Waals surface area contributed by atoms with Crippen molar-refractivity contribution in [1.82, 2.24) is 9.78 Å². The third-order valence-corrected chi connectivity index (χ3v) is 2.79. The number of carbonyl (C=O) groups excluding carboxylic acids is 1. The predicted octanol–water partition coefficient (Wildman–Crippen LogP) is 3.88. The third-order valence-electron chi connectivity index (χ3n) is 2.51. The van der Waals surface area contributed by atoms with E-state index in [1.165, 1.54) is 0 Å². The molecule has 0 spiro atoms. The highest BCUT2D eigenvalue weighted by Gasteiger charge is 2.18. The number of aromatic nitrogens is 2. The Morgan fingerprint density at radius 1 is 1.50 bits per heavy atom. The maximum absolute atomic E-state index is 12.0. The molecule has 0 radical (unpaired) electrons. The molecule has 0 aliphatic rings. The lowest BCUT2D eigenvalue weighted by Crippen LogP contribution is -2.13. The van der Waals surface area contributed by atoms with E-state index in [0.717, 1.165) is 19.3 Å². The van der Waals surface area contributed by atoms with Crippen LogP contribution < -0.4 is 0 Å². The molecule has 1 heterocycles. The number of hydrogen-bond donors (Lipinski definition) is 0. The van der Waals surface area contributed by atoms with E-state index < -0.39 is 0 Å². The Balaban J connectivity index is 2.77. The molecule has 0 saturated carbocycles. The summed E-state index contributed by atoms with van der Waals surface area (Å²) in [5.41, 5.74) is 0.563. The first-order valence-electron chi connectivity index (χ1n) is 5.84. The number of halogens is 1. The molecule has 0 saturated heterocycles. The van der Waals surface area contributed by atoms with Gasteiger partial charge < -0.3 is 0 Å². The van der Waals surface area contributed by atoms with Gasteiger partial charge in [0.05, 0.1) is 11.2 Å². The third kappa shape index (κ3) is 3.08. The first-order chi connectivity index (χ1) is 7.57. The summed E-state index contributed by atoms with van der Waals surface area (Å²) in [6.45, 7) is 6.11. The van der Waals surface area contributed by atoms with Gasteiger partial charge in [0.25, 0.3) is 0 Å². The van der Waals surface area contributed by atoms with E-state index in [1.54, 1.807) is 10.9 Å². The van der Waals surface area contributed by atoms with Gasteiger partial charge in [-0.1, -0.05) is 31.4 Å². The topological polar surface area (TPSA) is 34.9 Å². The van der Waals surface area contributed by atoms with Crippen LogP contribution in [0.1, 0.15) is 63.0 Å². The highest BCUT2D eigenvalue weighted by molar-refractivity contribution is 6.33. The van der Waals surface area contributed by atoms with Gasteiger partial charge in [-0.2, -0.15) is 5.10 Å². The van der Waals surface area contributed by atoms with Gasteiger partial charge in [0.2, 0.25) is 0 Å². The molecule has 1 rings (SSSR count). The van der Waals surface area contributed by atoms with Crippen LogP contribution >= 0.6 is 11.6 Å². The van der Waals surface area contributed by atoms with Gasteiger partial charge in [-0.05, 0) is 20.3 Å². The minimum Gasteiger partial charge on any atom is -0.292 e. The Kier molecular flexibility index (Phi) is 5.00. The highest BCUT2D eigenvalue weighted by atomic mass is 35.5. The van der Waals surface area contributed by atoms with Crippen LogP contribution in [-0.2, 0) is 0 Å². The smallest absolute Gasteiger partial charge is 0.182 e. The van der Waals surface area contributed by atoms with Gasteiger partial charge in [0, 0.05) is 12.5 Å². The van der Waals surface area contributed by atoms with Crippen LogP contribution in [0, 0.1) is 0 Å². The number of rotatable bonds is 6. The summed E-state index contributed by atoms with van der Waals surface area (Å²) in [5, 5.41) is 4.60. The fourth-order valence-corrected chi connectivity index (χ4v) is 1.88. The molecular formula is C12H19ClN2O. The fourth-order valence-electron chi connectivity index (χ4n) is 1.65. The van der Waals surface area contributed by atoms with Crippen LogP contribution in [0.15, 0.2) is 6.20 Å². The number of Topliss-reactive ketones (excluding diaryl/α,β-unsaturated/α-hetero) is 1. The quantitative estimate of drug-likeness (QED) is 0.561. The van der Waals surface area contributed by atoms with E-state index in [1.807, 2.05) is 13.8 Å². The zero-order valence-electron chi connectivity index (χ0n) is 10.2. The Labute approximate surface area is 102 Å². The normalized spacial score (nSPS) is 11.1. The molecular weight excluding hydrogens is 224 g/mol. The second-order valence-electron chi connectivity index (χ2n) is 4.26. The molecule has 0 N–H and O–H groups in total. The molecule has 3 nitrogen and oxygen atoms in total. The van der Waals surface area contributed by atoms with Crippen molar-refractivity contribution in [3.63, 3.8) is 0 Å². The van der Waals surface area contributed by atoms with E-state index in [0.29, 0.717) is 17.1 Å². The Bertz CT molecular complexity index is 358. The van der Waals surface area contributed by atoms with Crippen molar-refractivity contribution in [2.75, 3.05) is 0 Å². The maximum atomic E-state index is 12.0. The second kappa shape index (κ2) is 6.04. The summed E-state index contributed by atoms with van der Waals surface area (Å²) < 4.78 is 1.70. The van der Waals surface area contributed by atoms with Crippen molar-refractivity contribution >= 4 is 17.4 Å².